The summed E-state index contributed by atoms with van der Waals surface area (Å²) in [5.74, 6) is 0.853. The van der Waals surface area contributed by atoms with Gasteiger partial charge in [-0.1, -0.05) is 12.1 Å². The van der Waals surface area contributed by atoms with Gasteiger partial charge in [0.1, 0.15) is 5.76 Å². The normalized spacial score (nSPS) is 12.3. The zero-order valence-corrected chi connectivity index (χ0v) is 10.0. The second kappa shape index (κ2) is 4.76. The Morgan fingerprint density at radius 1 is 1.53 bits per heavy atom. The highest BCUT2D eigenvalue weighted by Crippen LogP contribution is 2.08. The van der Waals surface area contributed by atoms with Crippen LogP contribution in [0.1, 0.15) is 24.8 Å². The molecule has 0 spiro atoms. The second-order valence-corrected chi connectivity index (χ2v) is 5.70. The molecule has 0 atom stereocenters. The van der Waals surface area contributed by atoms with Crippen molar-refractivity contribution in [1.29, 1.82) is 0 Å². The van der Waals surface area contributed by atoms with Crippen LogP contribution < -0.4 is 0 Å². The highest BCUT2D eigenvalue weighted by molar-refractivity contribution is 7.89. The molecule has 0 aromatic carbocycles. The van der Waals surface area contributed by atoms with E-state index < -0.39 is 10.0 Å². The van der Waals surface area contributed by atoms with Gasteiger partial charge in [0.25, 0.3) is 0 Å². The molecule has 0 fully saturated rings. The van der Waals surface area contributed by atoms with Gasteiger partial charge in [-0.05, 0) is 13.3 Å². The highest BCUT2D eigenvalue weighted by atomic mass is 32.2. The average molecular weight is 232 g/mol. The van der Waals surface area contributed by atoms with Crippen LogP contribution in [-0.4, -0.2) is 30.7 Å². The van der Waals surface area contributed by atoms with Crippen molar-refractivity contribution >= 4 is 10.0 Å². The van der Waals surface area contributed by atoms with E-state index in [2.05, 4.69) is 5.16 Å². The molecule has 5 nitrogen and oxygen atoms in total. The predicted octanol–water partition coefficient (Wildman–Crippen LogP) is 1.15. The molecule has 0 unspecified atom stereocenters. The summed E-state index contributed by atoms with van der Waals surface area (Å²) < 4.78 is 29.4. The van der Waals surface area contributed by atoms with Gasteiger partial charge in [-0.2, -0.15) is 4.31 Å². The van der Waals surface area contributed by atoms with Crippen LogP contribution in [0.4, 0.5) is 0 Å². The van der Waals surface area contributed by atoms with Crippen molar-refractivity contribution in [1.82, 2.24) is 9.46 Å². The fraction of sp³-hybridized carbons (Fsp3) is 0.667. The van der Waals surface area contributed by atoms with Gasteiger partial charge >= 0.3 is 0 Å². The summed E-state index contributed by atoms with van der Waals surface area (Å²) in [5.41, 5.74) is 0.634. The molecule has 1 heterocycles. The minimum absolute atomic E-state index is 0.167. The van der Waals surface area contributed by atoms with Gasteiger partial charge in [-0.3, -0.25) is 0 Å². The molecule has 0 N–H and O–H groups in total. The van der Waals surface area contributed by atoms with E-state index in [-0.39, 0.29) is 12.3 Å². The quantitative estimate of drug-likeness (QED) is 0.764. The van der Waals surface area contributed by atoms with E-state index in [1.165, 1.54) is 4.31 Å². The number of aryl methyl sites for hydroxylation is 1. The van der Waals surface area contributed by atoms with E-state index in [4.69, 9.17) is 4.52 Å². The Labute approximate surface area is 90.1 Å². The largest absolute Gasteiger partial charge is 0.361 e. The van der Waals surface area contributed by atoms with E-state index in [1.807, 2.05) is 6.92 Å². The first-order valence-corrected chi connectivity index (χ1v) is 6.43. The van der Waals surface area contributed by atoms with Gasteiger partial charge in [0.2, 0.25) is 10.0 Å². The minimum Gasteiger partial charge on any atom is -0.361 e. The summed E-state index contributed by atoms with van der Waals surface area (Å²) in [4.78, 5) is 0. The van der Waals surface area contributed by atoms with Crippen molar-refractivity contribution in [2.24, 2.45) is 0 Å². The molecule has 1 rings (SSSR count). The van der Waals surface area contributed by atoms with Crippen molar-refractivity contribution in [3.63, 3.8) is 0 Å². The molecule has 0 bridgehead atoms. The first kappa shape index (κ1) is 12.2. The molecule has 0 saturated carbocycles. The topological polar surface area (TPSA) is 63.4 Å². The smallest absolute Gasteiger partial charge is 0.214 e. The number of sulfonamides is 1. The van der Waals surface area contributed by atoms with Gasteiger partial charge < -0.3 is 4.52 Å². The lowest BCUT2D eigenvalue weighted by Crippen LogP contribution is -2.28. The van der Waals surface area contributed by atoms with Crippen molar-refractivity contribution in [3.05, 3.63) is 17.5 Å². The van der Waals surface area contributed by atoms with Gasteiger partial charge in [-0.15, -0.1) is 0 Å². The number of hydrogen-bond donors (Lipinski definition) is 0. The maximum atomic E-state index is 11.6. The maximum absolute atomic E-state index is 11.6. The fourth-order valence-corrected chi connectivity index (χ4v) is 2.39. The first-order chi connectivity index (χ1) is 6.95. The van der Waals surface area contributed by atoms with Crippen molar-refractivity contribution in [3.8, 4) is 0 Å². The Bertz CT molecular complexity index is 411. The molecule has 0 radical (unpaired) electrons. The molecule has 86 valence electrons. The number of aromatic nitrogens is 1. The standard InChI is InChI=1S/C9H16N2O3S/c1-4-5-15(12,13)11(3)7-9-6-8(2)14-10-9/h6H,4-5,7H2,1-3H3. The number of nitrogens with zero attached hydrogens (tertiary/aromatic N) is 2. The Kier molecular flexibility index (Phi) is 3.87. The molecule has 0 aliphatic carbocycles. The van der Waals surface area contributed by atoms with Gasteiger partial charge in [0, 0.05) is 13.1 Å². The SMILES string of the molecule is CCCS(=O)(=O)N(C)Cc1cc(C)on1. The monoisotopic (exact) mass is 232 g/mol. The molecule has 0 amide bonds. The van der Waals surface area contributed by atoms with Crippen LogP contribution in [0, 0.1) is 6.92 Å². The third kappa shape index (κ3) is 3.32. The van der Waals surface area contributed by atoms with Gasteiger partial charge in [-0.25, -0.2) is 8.42 Å². The lowest BCUT2D eigenvalue weighted by molar-refractivity contribution is 0.378. The van der Waals surface area contributed by atoms with Crippen LogP contribution in [0.15, 0.2) is 10.6 Å². The van der Waals surface area contributed by atoms with Crippen molar-refractivity contribution in [2.45, 2.75) is 26.8 Å². The summed E-state index contributed by atoms with van der Waals surface area (Å²) >= 11 is 0. The van der Waals surface area contributed by atoms with E-state index in [0.717, 1.165) is 0 Å². The zero-order chi connectivity index (χ0) is 11.5. The Balaban J connectivity index is 2.67. The Morgan fingerprint density at radius 2 is 2.20 bits per heavy atom. The van der Waals surface area contributed by atoms with Crippen molar-refractivity contribution < 1.29 is 12.9 Å². The summed E-state index contributed by atoms with van der Waals surface area (Å²) in [5, 5.41) is 3.75. The van der Waals surface area contributed by atoms with Crippen LogP contribution >= 0.6 is 0 Å². The molecule has 0 saturated heterocycles. The Hall–Kier alpha value is -0.880. The Morgan fingerprint density at radius 3 is 2.67 bits per heavy atom. The van der Waals surface area contributed by atoms with Crippen LogP contribution in [-0.2, 0) is 16.6 Å². The first-order valence-electron chi connectivity index (χ1n) is 4.82. The average Bonchev–Trinajstić information content (AvgIpc) is 2.51. The number of hydrogen-bond acceptors (Lipinski definition) is 4. The van der Waals surface area contributed by atoms with E-state index in [9.17, 15) is 8.42 Å². The summed E-state index contributed by atoms with van der Waals surface area (Å²) in [7, 11) is -1.60. The summed E-state index contributed by atoms with van der Waals surface area (Å²) in [6.45, 7) is 3.88. The van der Waals surface area contributed by atoms with E-state index in [0.29, 0.717) is 17.9 Å². The molecular weight excluding hydrogens is 216 g/mol. The third-order valence-corrected chi connectivity index (χ3v) is 4.00. The fourth-order valence-electron chi connectivity index (χ4n) is 1.23. The molecule has 1 aromatic heterocycles. The molecule has 6 heteroatoms. The zero-order valence-electron chi connectivity index (χ0n) is 9.23. The van der Waals surface area contributed by atoms with E-state index >= 15 is 0 Å². The van der Waals surface area contributed by atoms with Crippen LogP contribution in [0.5, 0.6) is 0 Å². The molecule has 15 heavy (non-hydrogen) atoms. The molecule has 0 aliphatic heterocycles. The lowest BCUT2D eigenvalue weighted by atomic mass is 10.4. The summed E-state index contributed by atoms with van der Waals surface area (Å²) in [6.07, 6.45) is 0.616. The molecule has 0 aliphatic rings. The third-order valence-electron chi connectivity index (χ3n) is 2.00. The van der Waals surface area contributed by atoms with E-state index in [1.54, 1.807) is 20.0 Å². The van der Waals surface area contributed by atoms with Gasteiger partial charge in [0.05, 0.1) is 18.0 Å². The van der Waals surface area contributed by atoms with Crippen LogP contribution in [0.2, 0.25) is 0 Å². The molecule has 1 aromatic rings. The lowest BCUT2D eigenvalue weighted by Gasteiger charge is -2.14. The minimum atomic E-state index is -3.15. The van der Waals surface area contributed by atoms with Crippen molar-refractivity contribution in [2.75, 3.05) is 12.8 Å². The van der Waals surface area contributed by atoms with Crippen LogP contribution in [0.25, 0.3) is 0 Å². The predicted molar refractivity (Wildman–Crippen MR) is 56.8 cm³/mol. The van der Waals surface area contributed by atoms with Gasteiger partial charge in [0.15, 0.2) is 0 Å². The maximum Gasteiger partial charge on any atom is 0.214 e. The summed E-state index contributed by atoms with van der Waals surface area (Å²) in [6, 6.07) is 1.73. The highest BCUT2D eigenvalue weighted by Gasteiger charge is 2.17. The number of rotatable bonds is 5. The van der Waals surface area contributed by atoms with Crippen LogP contribution in [0.3, 0.4) is 0 Å². The second-order valence-electron chi connectivity index (χ2n) is 3.50. The molecular formula is C9H16N2O3S.